The molecule has 1 saturated heterocycles. The number of aromatic amines is 1. The number of piperazine rings is 1. The Hall–Kier alpha value is -3.49. The summed E-state index contributed by atoms with van der Waals surface area (Å²) in [6.45, 7) is 2.21. The molecule has 156 valence electrons. The lowest BCUT2D eigenvalue weighted by molar-refractivity contribution is -0.274. The number of alkyl halides is 3. The van der Waals surface area contributed by atoms with Gasteiger partial charge in [-0.3, -0.25) is 9.89 Å². The lowest BCUT2D eigenvalue weighted by Gasteiger charge is -2.34. The van der Waals surface area contributed by atoms with Crippen LogP contribution in [-0.2, 0) is 0 Å². The largest absolute Gasteiger partial charge is 0.573 e. The maximum absolute atomic E-state index is 12.7. The Labute approximate surface area is 170 Å². The molecule has 6 nitrogen and oxygen atoms in total. The van der Waals surface area contributed by atoms with Crippen molar-refractivity contribution >= 4 is 11.7 Å². The summed E-state index contributed by atoms with van der Waals surface area (Å²) in [5, 5.41) is 7.41. The molecule has 9 heteroatoms. The molecule has 0 saturated carbocycles. The smallest absolute Gasteiger partial charge is 0.406 e. The van der Waals surface area contributed by atoms with Gasteiger partial charge in [-0.05, 0) is 29.8 Å². The summed E-state index contributed by atoms with van der Waals surface area (Å²) >= 11 is 0. The molecule has 0 atom stereocenters. The highest BCUT2D eigenvalue weighted by molar-refractivity contribution is 5.94. The summed E-state index contributed by atoms with van der Waals surface area (Å²) in [4.78, 5) is 16.4. The number of nitrogens with one attached hydrogen (secondary N) is 1. The number of nitrogens with zero attached hydrogens (tertiary/aromatic N) is 3. The third-order valence-electron chi connectivity index (χ3n) is 4.87. The van der Waals surface area contributed by atoms with Gasteiger partial charge in [0.15, 0.2) is 5.82 Å². The summed E-state index contributed by atoms with van der Waals surface area (Å²) in [7, 11) is 0. The molecule has 1 aliphatic rings. The highest BCUT2D eigenvalue weighted by atomic mass is 19.4. The number of benzene rings is 2. The van der Waals surface area contributed by atoms with Crippen molar-refractivity contribution < 1.29 is 22.7 Å². The van der Waals surface area contributed by atoms with Gasteiger partial charge in [0.1, 0.15) is 5.75 Å². The van der Waals surface area contributed by atoms with Gasteiger partial charge < -0.3 is 14.5 Å². The van der Waals surface area contributed by atoms with Crippen LogP contribution in [0.15, 0.2) is 60.7 Å². The third-order valence-corrected chi connectivity index (χ3v) is 4.87. The van der Waals surface area contributed by atoms with Gasteiger partial charge in [-0.1, -0.05) is 30.3 Å². The zero-order chi connectivity index (χ0) is 21.1. The number of carbonyl (C=O) groups excluding carboxylic acids is 1. The van der Waals surface area contributed by atoms with Crippen LogP contribution in [0, 0.1) is 0 Å². The molecule has 4 rings (SSSR count). The number of H-pyrrole nitrogens is 1. The number of halogens is 3. The first-order valence-electron chi connectivity index (χ1n) is 9.40. The van der Waals surface area contributed by atoms with E-state index in [1.165, 1.54) is 12.1 Å². The molecular weight excluding hydrogens is 397 g/mol. The van der Waals surface area contributed by atoms with E-state index in [0.29, 0.717) is 31.7 Å². The van der Waals surface area contributed by atoms with Crippen LogP contribution < -0.4 is 9.64 Å². The van der Waals surface area contributed by atoms with E-state index in [1.807, 2.05) is 36.4 Å². The lowest BCUT2D eigenvalue weighted by Crippen LogP contribution is -2.48. The van der Waals surface area contributed by atoms with E-state index in [0.717, 1.165) is 29.2 Å². The summed E-state index contributed by atoms with van der Waals surface area (Å²) in [5.74, 6) is 0.242. The van der Waals surface area contributed by atoms with Gasteiger partial charge in [0.05, 0.1) is 5.69 Å². The van der Waals surface area contributed by atoms with Crippen molar-refractivity contribution in [2.24, 2.45) is 0 Å². The molecule has 0 radical (unpaired) electrons. The molecular formula is C21H19F3N4O2. The van der Waals surface area contributed by atoms with E-state index in [1.54, 1.807) is 4.90 Å². The number of hydrogen-bond acceptors (Lipinski definition) is 4. The molecule has 0 spiro atoms. The monoisotopic (exact) mass is 416 g/mol. The second kappa shape index (κ2) is 8.10. The Morgan fingerprint density at radius 1 is 0.967 bits per heavy atom. The first-order chi connectivity index (χ1) is 14.4. The van der Waals surface area contributed by atoms with Crippen LogP contribution in [0.25, 0.3) is 11.3 Å². The van der Waals surface area contributed by atoms with Crippen molar-refractivity contribution in [1.29, 1.82) is 0 Å². The average molecular weight is 416 g/mol. The zero-order valence-electron chi connectivity index (χ0n) is 15.9. The number of anilines is 1. The second-order valence-electron chi connectivity index (χ2n) is 6.86. The van der Waals surface area contributed by atoms with E-state index < -0.39 is 6.36 Å². The van der Waals surface area contributed by atoms with Crippen molar-refractivity contribution in [3.05, 3.63) is 66.2 Å². The summed E-state index contributed by atoms with van der Waals surface area (Å²) < 4.78 is 40.6. The van der Waals surface area contributed by atoms with Crippen molar-refractivity contribution in [1.82, 2.24) is 15.1 Å². The summed E-state index contributed by atoms with van der Waals surface area (Å²) in [6, 6.07) is 16.8. The first-order valence-corrected chi connectivity index (χ1v) is 9.40. The summed E-state index contributed by atoms with van der Waals surface area (Å²) in [5.41, 5.74) is 2.29. The predicted molar refractivity (Wildman–Crippen MR) is 105 cm³/mol. The van der Waals surface area contributed by atoms with Gasteiger partial charge in [-0.2, -0.15) is 5.10 Å². The van der Waals surface area contributed by atoms with E-state index >= 15 is 0 Å². The molecule has 30 heavy (non-hydrogen) atoms. The minimum Gasteiger partial charge on any atom is -0.406 e. The number of carbonyl (C=O) groups is 1. The molecule has 1 amide bonds. The molecule has 1 fully saturated rings. The maximum atomic E-state index is 12.7. The number of amides is 1. The van der Waals surface area contributed by atoms with Crippen LogP contribution >= 0.6 is 0 Å². The lowest BCUT2D eigenvalue weighted by atomic mass is 10.1. The van der Waals surface area contributed by atoms with Crippen LogP contribution in [0.4, 0.5) is 19.0 Å². The molecule has 3 aromatic rings. The van der Waals surface area contributed by atoms with Gasteiger partial charge in [0, 0.05) is 37.8 Å². The predicted octanol–water partition coefficient (Wildman–Crippen LogP) is 3.94. The maximum Gasteiger partial charge on any atom is 0.573 e. The van der Waals surface area contributed by atoms with Crippen molar-refractivity contribution in [2.45, 2.75) is 6.36 Å². The number of rotatable bonds is 4. The van der Waals surface area contributed by atoms with Crippen molar-refractivity contribution in [3.63, 3.8) is 0 Å². The molecule has 0 unspecified atom stereocenters. The van der Waals surface area contributed by atoms with Crippen molar-refractivity contribution in [2.75, 3.05) is 31.1 Å². The quantitative estimate of drug-likeness (QED) is 0.700. The Morgan fingerprint density at radius 3 is 2.27 bits per heavy atom. The van der Waals surface area contributed by atoms with Gasteiger partial charge in [-0.15, -0.1) is 13.2 Å². The minimum atomic E-state index is -4.76. The van der Waals surface area contributed by atoms with E-state index in [4.69, 9.17) is 0 Å². The number of ether oxygens (including phenoxy) is 1. The normalized spacial score (nSPS) is 14.6. The van der Waals surface area contributed by atoms with Crippen LogP contribution in [0.1, 0.15) is 10.4 Å². The highest BCUT2D eigenvalue weighted by Gasteiger charge is 2.31. The van der Waals surface area contributed by atoms with E-state index in [2.05, 4.69) is 19.8 Å². The van der Waals surface area contributed by atoms with Crippen LogP contribution in [0.3, 0.4) is 0 Å². The molecule has 2 heterocycles. The minimum absolute atomic E-state index is 0.222. The Morgan fingerprint density at radius 2 is 1.63 bits per heavy atom. The third kappa shape index (κ3) is 4.56. The Bertz CT molecular complexity index is 995. The number of hydrogen-bond donors (Lipinski definition) is 1. The van der Waals surface area contributed by atoms with Crippen molar-refractivity contribution in [3.8, 4) is 17.0 Å². The fourth-order valence-corrected chi connectivity index (χ4v) is 3.36. The zero-order valence-corrected chi connectivity index (χ0v) is 15.9. The average Bonchev–Trinajstić information content (AvgIpc) is 3.24. The van der Waals surface area contributed by atoms with Crippen LogP contribution in [-0.4, -0.2) is 53.5 Å². The van der Waals surface area contributed by atoms with Gasteiger partial charge in [-0.25, -0.2) is 0 Å². The SMILES string of the molecule is O=C(c1ccc(OC(F)(F)F)cc1)N1CCN(c2cc(-c3ccccc3)[nH]n2)CC1. The van der Waals surface area contributed by atoms with Gasteiger partial charge in [0.2, 0.25) is 0 Å². The highest BCUT2D eigenvalue weighted by Crippen LogP contribution is 2.24. The Balaban J connectivity index is 1.35. The van der Waals surface area contributed by atoms with Gasteiger partial charge >= 0.3 is 6.36 Å². The van der Waals surface area contributed by atoms with Crippen LogP contribution in [0.5, 0.6) is 5.75 Å². The second-order valence-corrected chi connectivity index (χ2v) is 6.86. The molecule has 2 aromatic carbocycles. The topological polar surface area (TPSA) is 61.5 Å². The standard InChI is InChI=1S/C21H19F3N4O2/c22-21(23,24)30-17-8-6-16(7-9-17)20(29)28-12-10-27(11-13-28)19-14-18(25-26-19)15-4-2-1-3-5-15/h1-9,14H,10-13H2,(H,25,26). The molecule has 1 aliphatic heterocycles. The van der Waals surface area contributed by atoms with Crippen LogP contribution in [0.2, 0.25) is 0 Å². The fourth-order valence-electron chi connectivity index (χ4n) is 3.36. The molecule has 1 N–H and O–H groups in total. The van der Waals surface area contributed by atoms with Gasteiger partial charge in [0.25, 0.3) is 5.91 Å². The Kier molecular flexibility index (Phi) is 5.35. The molecule has 1 aromatic heterocycles. The van der Waals surface area contributed by atoms with E-state index in [9.17, 15) is 18.0 Å². The molecule has 0 aliphatic carbocycles. The molecule has 0 bridgehead atoms. The fraction of sp³-hybridized carbons (Fsp3) is 0.238. The van der Waals surface area contributed by atoms with E-state index in [-0.39, 0.29) is 11.7 Å². The summed E-state index contributed by atoms with van der Waals surface area (Å²) in [6.07, 6.45) is -4.76. The first kappa shape index (κ1) is 19.8. The number of aromatic nitrogens is 2.